The quantitative estimate of drug-likeness (QED) is 0.864. The van der Waals surface area contributed by atoms with E-state index in [0.717, 1.165) is 11.1 Å². The number of rotatable bonds is 6. The fourth-order valence-electron chi connectivity index (χ4n) is 2.11. The van der Waals surface area contributed by atoms with Crippen molar-refractivity contribution in [2.45, 2.75) is 12.8 Å². The summed E-state index contributed by atoms with van der Waals surface area (Å²) in [7, 11) is 0. The van der Waals surface area contributed by atoms with Crippen LogP contribution in [0.2, 0.25) is 0 Å². The number of allylic oxidation sites excluding steroid dienone is 1. The van der Waals surface area contributed by atoms with E-state index in [1.165, 1.54) is 12.1 Å². The Labute approximate surface area is 123 Å². The zero-order valence-corrected chi connectivity index (χ0v) is 11.6. The Kier molecular flexibility index (Phi) is 5.27. The van der Waals surface area contributed by atoms with Crippen LogP contribution in [0.4, 0.5) is 4.39 Å². The molecule has 21 heavy (non-hydrogen) atoms. The van der Waals surface area contributed by atoms with Crippen LogP contribution < -0.4 is 0 Å². The maximum atomic E-state index is 12.8. The van der Waals surface area contributed by atoms with Crippen molar-refractivity contribution >= 4 is 12.0 Å². The molecule has 2 nitrogen and oxygen atoms in total. The highest BCUT2D eigenvalue weighted by Crippen LogP contribution is 2.15. The van der Waals surface area contributed by atoms with Crippen LogP contribution in [0.15, 0.2) is 60.7 Å². The molecule has 2 aromatic rings. The van der Waals surface area contributed by atoms with Gasteiger partial charge in [0.05, 0.1) is 5.92 Å². The number of carboxylic acids is 1. The first kappa shape index (κ1) is 15.0. The second kappa shape index (κ2) is 7.39. The van der Waals surface area contributed by atoms with Gasteiger partial charge in [-0.1, -0.05) is 54.6 Å². The van der Waals surface area contributed by atoms with Crippen LogP contribution in [0, 0.1) is 11.7 Å². The van der Waals surface area contributed by atoms with E-state index in [2.05, 4.69) is 0 Å². The number of aliphatic carboxylic acids is 1. The van der Waals surface area contributed by atoms with E-state index in [0.29, 0.717) is 12.8 Å². The van der Waals surface area contributed by atoms with E-state index >= 15 is 0 Å². The van der Waals surface area contributed by atoms with Crippen LogP contribution in [0.3, 0.4) is 0 Å². The molecular formula is C18H17FO2. The zero-order valence-electron chi connectivity index (χ0n) is 11.6. The van der Waals surface area contributed by atoms with Gasteiger partial charge in [0.15, 0.2) is 0 Å². The first-order chi connectivity index (χ1) is 10.1. The molecule has 0 aromatic heterocycles. The predicted octanol–water partition coefficient (Wildman–Crippen LogP) is 4.17. The number of carbonyl (C=O) groups is 1. The van der Waals surface area contributed by atoms with Gasteiger partial charge in [0.2, 0.25) is 0 Å². The van der Waals surface area contributed by atoms with E-state index < -0.39 is 11.9 Å². The summed E-state index contributed by atoms with van der Waals surface area (Å²) in [6.45, 7) is 0. The van der Waals surface area contributed by atoms with E-state index in [4.69, 9.17) is 0 Å². The molecule has 0 spiro atoms. The van der Waals surface area contributed by atoms with E-state index in [1.807, 2.05) is 42.5 Å². The molecule has 0 aliphatic rings. The number of halogens is 1. The lowest BCUT2D eigenvalue weighted by molar-refractivity contribution is -0.141. The van der Waals surface area contributed by atoms with E-state index in [-0.39, 0.29) is 5.82 Å². The van der Waals surface area contributed by atoms with E-state index in [1.54, 1.807) is 12.1 Å². The summed E-state index contributed by atoms with van der Waals surface area (Å²) in [4.78, 5) is 11.3. The van der Waals surface area contributed by atoms with Crippen LogP contribution in [0.1, 0.15) is 17.5 Å². The summed E-state index contributed by atoms with van der Waals surface area (Å²) >= 11 is 0. The molecule has 0 fully saturated rings. The van der Waals surface area contributed by atoms with Gasteiger partial charge < -0.3 is 5.11 Å². The van der Waals surface area contributed by atoms with Crippen molar-refractivity contribution in [3.8, 4) is 0 Å². The maximum Gasteiger partial charge on any atom is 0.307 e. The summed E-state index contributed by atoms with van der Waals surface area (Å²) in [5.74, 6) is -1.65. The van der Waals surface area contributed by atoms with Gasteiger partial charge in [-0.15, -0.1) is 0 Å². The Morgan fingerprint density at radius 3 is 2.38 bits per heavy atom. The van der Waals surface area contributed by atoms with Crippen LogP contribution in [-0.4, -0.2) is 11.1 Å². The van der Waals surface area contributed by atoms with Crippen molar-refractivity contribution in [2.75, 3.05) is 0 Å². The van der Waals surface area contributed by atoms with Gasteiger partial charge in [0.1, 0.15) is 5.82 Å². The van der Waals surface area contributed by atoms with Crippen LogP contribution >= 0.6 is 0 Å². The molecular weight excluding hydrogens is 267 g/mol. The molecule has 1 unspecified atom stereocenters. The Balaban J connectivity index is 1.98. The third kappa shape index (κ3) is 4.88. The molecule has 2 aromatic carbocycles. The zero-order chi connectivity index (χ0) is 15.1. The average molecular weight is 284 g/mol. The summed E-state index contributed by atoms with van der Waals surface area (Å²) in [6, 6.07) is 15.7. The molecule has 0 saturated carbocycles. The molecule has 0 aliphatic heterocycles. The Morgan fingerprint density at radius 1 is 1.10 bits per heavy atom. The number of hydrogen-bond donors (Lipinski definition) is 1. The minimum atomic E-state index is -0.836. The Hall–Kier alpha value is -2.42. The molecule has 3 heteroatoms. The molecule has 0 amide bonds. The molecule has 2 rings (SSSR count). The monoisotopic (exact) mass is 284 g/mol. The van der Waals surface area contributed by atoms with Crippen LogP contribution in [0.5, 0.6) is 0 Å². The van der Waals surface area contributed by atoms with Crippen molar-refractivity contribution < 1.29 is 14.3 Å². The topological polar surface area (TPSA) is 37.3 Å². The molecule has 0 bridgehead atoms. The summed E-state index contributed by atoms with van der Waals surface area (Å²) in [5, 5.41) is 9.28. The number of benzene rings is 2. The summed E-state index contributed by atoms with van der Waals surface area (Å²) in [5.41, 5.74) is 1.88. The number of carboxylic acid groups (broad SMARTS) is 1. The van der Waals surface area contributed by atoms with E-state index in [9.17, 15) is 14.3 Å². The molecule has 0 aliphatic carbocycles. The second-order valence-electron chi connectivity index (χ2n) is 4.91. The van der Waals surface area contributed by atoms with Gasteiger partial charge in [-0.05, 0) is 36.1 Å². The van der Waals surface area contributed by atoms with Crippen molar-refractivity contribution in [3.05, 3.63) is 77.6 Å². The molecule has 0 heterocycles. The van der Waals surface area contributed by atoms with Gasteiger partial charge in [0.25, 0.3) is 0 Å². The summed E-state index contributed by atoms with van der Waals surface area (Å²) < 4.78 is 12.8. The van der Waals surface area contributed by atoms with Gasteiger partial charge in [-0.2, -0.15) is 0 Å². The lowest BCUT2D eigenvalue weighted by Crippen LogP contribution is -2.15. The highest BCUT2D eigenvalue weighted by molar-refractivity contribution is 5.71. The normalized spacial score (nSPS) is 12.4. The fourth-order valence-corrected chi connectivity index (χ4v) is 2.11. The lowest BCUT2D eigenvalue weighted by atomic mass is 9.96. The van der Waals surface area contributed by atoms with Gasteiger partial charge in [-0.25, -0.2) is 4.39 Å². The molecule has 0 radical (unpaired) electrons. The largest absolute Gasteiger partial charge is 0.481 e. The smallest absolute Gasteiger partial charge is 0.307 e. The van der Waals surface area contributed by atoms with Gasteiger partial charge in [0, 0.05) is 0 Å². The third-order valence-corrected chi connectivity index (χ3v) is 3.28. The highest BCUT2D eigenvalue weighted by Gasteiger charge is 2.16. The fraction of sp³-hybridized carbons (Fsp3) is 0.167. The molecule has 0 saturated heterocycles. The summed E-state index contributed by atoms with van der Waals surface area (Å²) in [6.07, 6.45) is 4.63. The standard InChI is InChI=1S/C18H17FO2/c19-17-11-9-15(10-12-17)13-16(18(20)21)8-4-7-14-5-2-1-3-6-14/h1-7,9-12,16H,8,13H2,(H,20,21). The second-order valence-corrected chi connectivity index (χ2v) is 4.91. The van der Waals surface area contributed by atoms with Crippen molar-refractivity contribution in [3.63, 3.8) is 0 Å². The van der Waals surface area contributed by atoms with Crippen molar-refractivity contribution in [1.82, 2.24) is 0 Å². The Morgan fingerprint density at radius 2 is 1.76 bits per heavy atom. The predicted molar refractivity (Wildman–Crippen MR) is 81.3 cm³/mol. The third-order valence-electron chi connectivity index (χ3n) is 3.28. The molecule has 108 valence electrons. The average Bonchev–Trinajstić information content (AvgIpc) is 2.49. The molecule has 1 N–H and O–H groups in total. The lowest BCUT2D eigenvalue weighted by Gasteiger charge is -2.10. The maximum absolute atomic E-state index is 12.8. The van der Waals surface area contributed by atoms with Crippen LogP contribution in [0.25, 0.3) is 6.08 Å². The Bertz CT molecular complexity index is 603. The van der Waals surface area contributed by atoms with Gasteiger partial charge >= 0.3 is 5.97 Å². The van der Waals surface area contributed by atoms with Crippen LogP contribution in [-0.2, 0) is 11.2 Å². The SMILES string of the molecule is O=C(O)C(CC=Cc1ccccc1)Cc1ccc(F)cc1. The first-order valence-corrected chi connectivity index (χ1v) is 6.84. The first-order valence-electron chi connectivity index (χ1n) is 6.84. The minimum Gasteiger partial charge on any atom is -0.481 e. The van der Waals surface area contributed by atoms with Gasteiger partial charge in [-0.3, -0.25) is 4.79 Å². The van der Waals surface area contributed by atoms with Crippen molar-refractivity contribution in [2.24, 2.45) is 5.92 Å². The highest BCUT2D eigenvalue weighted by atomic mass is 19.1. The number of hydrogen-bond acceptors (Lipinski definition) is 1. The van der Waals surface area contributed by atoms with Crippen molar-refractivity contribution in [1.29, 1.82) is 0 Å². The minimum absolute atomic E-state index is 0.311. The molecule has 1 atom stereocenters.